The molecule has 1 aromatic rings. The van der Waals surface area contributed by atoms with Crippen molar-refractivity contribution in [2.75, 3.05) is 21.1 Å². The minimum absolute atomic E-state index is 1.62. The molecule has 0 unspecified atom stereocenters. The van der Waals surface area contributed by atoms with Crippen LogP contribution in [-0.2, 0) is 0 Å². The maximum absolute atomic E-state index is 4.58. The summed E-state index contributed by atoms with van der Waals surface area (Å²) in [6.07, 6.45) is 3.25. The van der Waals surface area contributed by atoms with Gasteiger partial charge in [0, 0.05) is 0 Å². The maximum atomic E-state index is 4.58. The Balaban J connectivity index is 0.000000148. The topological polar surface area (TPSA) is 16.4 Å². The van der Waals surface area contributed by atoms with Crippen LogP contribution in [-0.4, -0.2) is 26.0 Å². The molecule has 2 heteroatoms. The van der Waals surface area contributed by atoms with Crippen molar-refractivity contribution >= 4 is 0 Å². The van der Waals surface area contributed by atoms with Crippen LogP contribution >= 0.6 is 0 Å². The molecule has 0 aliphatic heterocycles. The molecule has 52 valence electrons. The minimum atomic E-state index is 1.62. The second-order valence-corrected chi connectivity index (χ2v) is 2.13. The maximum Gasteiger partial charge on any atom is 0.0902 e. The fourth-order valence-corrected chi connectivity index (χ4v) is 0.227. The number of rotatable bonds is 0. The van der Waals surface area contributed by atoms with Crippen molar-refractivity contribution in [3.05, 3.63) is 24.7 Å². The summed E-state index contributed by atoms with van der Waals surface area (Å²) >= 11 is 0. The smallest absolute Gasteiger partial charge is 0.0902 e. The summed E-state index contributed by atoms with van der Waals surface area (Å²) in [5.74, 6) is 0. The Hall–Kier alpha value is -0.760. The van der Waals surface area contributed by atoms with E-state index in [1.807, 2.05) is 38.2 Å². The standard InChI is InChI=1S/C4H4O.C3H9N/c1-2-4-5-3-1;1-4(2)3/h1-4H;1-3H3. The predicted molar refractivity (Wildman–Crippen MR) is 38.3 cm³/mol. The lowest BCUT2D eigenvalue weighted by Gasteiger charge is -1.90. The van der Waals surface area contributed by atoms with Gasteiger partial charge in [-0.25, -0.2) is 0 Å². The van der Waals surface area contributed by atoms with E-state index >= 15 is 0 Å². The van der Waals surface area contributed by atoms with Gasteiger partial charge in [0.15, 0.2) is 0 Å². The Morgan fingerprint density at radius 1 is 1.00 bits per heavy atom. The molecular weight excluding hydrogens is 114 g/mol. The summed E-state index contributed by atoms with van der Waals surface area (Å²) in [4.78, 5) is 2.00. The van der Waals surface area contributed by atoms with Crippen LogP contribution in [0.1, 0.15) is 0 Å². The molecule has 0 N–H and O–H groups in total. The summed E-state index contributed by atoms with van der Waals surface area (Å²) < 4.78 is 4.58. The van der Waals surface area contributed by atoms with Gasteiger partial charge in [-0.3, -0.25) is 0 Å². The Labute approximate surface area is 56.1 Å². The van der Waals surface area contributed by atoms with Crippen LogP contribution < -0.4 is 0 Å². The van der Waals surface area contributed by atoms with Gasteiger partial charge in [-0.05, 0) is 33.3 Å². The molecule has 0 aromatic carbocycles. The van der Waals surface area contributed by atoms with Crippen molar-refractivity contribution in [2.24, 2.45) is 0 Å². The van der Waals surface area contributed by atoms with Crippen LogP contribution in [0.15, 0.2) is 29.1 Å². The number of hydrogen-bond donors (Lipinski definition) is 0. The van der Waals surface area contributed by atoms with Crippen molar-refractivity contribution in [1.29, 1.82) is 0 Å². The average molecular weight is 127 g/mol. The van der Waals surface area contributed by atoms with Crippen LogP contribution in [0.25, 0.3) is 0 Å². The summed E-state index contributed by atoms with van der Waals surface area (Å²) in [7, 11) is 6.00. The zero-order chi connectivity index (χ0) is 7.11. The second-order valence-electron chi connectivity index (χ2n) is 2.13. The second kappa shape index (κ2) is 5.38. The first-order valence-electron chi connectivity index (χ1n) is 2.81. The zero-order valence-electron chi connectivity index (χ0n) is 6.16. The van der Waals surface area contributed by atoms with Gasteiger partial charge >= 0.3 is 0 Å². The predicted octanol–water partition coefficient (Wildman–Crippen LogP) is 1.46. The van der Waals surface area contributed by atoms with Gasteiger partial charge < -0.3 is 9.32 Å². The summed E-state index contributed by atoms with van der Waals surface area (Å²) in [5, 5.41) is 0. The van der Waals surface area contributed by atoms with Crippen LogP contribution in [0.4, 0.5) is 0 Å². The number of furan rings is 1. The molecule has 0 spiro atoms. The molecule has 1 rings (SSSR count). The van der Waals surface area contributed by atoms with Gasteiger partial charge in [0.25, 0.3) is 0 Å². The Kier molecular flexibility index (Phi) is 4.92. The molecular formula is C7H13NO. The Morgan fingerprint density at radius 2 is 1.33 bits per heavy atom. The molecule has 0 aliphatic carbocycles. The fourth-order valence-electron chi connectivity index (χ4n) is 0.227. The SMILES string of the molecule is CN(C)C.c1ccoc1. The minimum Gasteiger partial charge on any atom is -0.473 e. The van der Waals surface area contributed by atoms with E-state index in [1.54, 1.807) is 12.5 Å². The Morgan fingerprint density at radius 3 is 1.44 bits per heavy atom. The third-order valence-corrected chi connectivity index (χ3v) is 0.425. The third kappa shape index (κ3) is 11.1. The molecule has 0 atom stereocenters. The van der Waals surface area contributed by atoms with Crippen molar-refractivity contribution in [3.63, 3.8) is 0 Å². The van der Waals surface area contributed by atoms with Crippen LogP contribution in [0, 0.1) is 0 Å². The largest absolute Gasteiger partial charge is 0.473 e. The van der Waals surface area contributed by atoms with Gasteiger partial charge in [0.2, 0.25) is 0 Å². The lowest BCUT2D eigenvalue weighted by Crippen LogP contribution is -1.99. The van der Waals surface area contributed by atoms with Gasteiger partial charge in [-0.1, -0.05) is 0 Å². The molecule has 9 heavy (non-hydrogen) atoms. The van der Waals surface area contributed by atoms with Crippen LogP contribution in [0.3, 0.4) is 0 Å². The molecule has 0 saturated carbocycles. The molecule has 1 aromatic heterocycles. The monoisotopic (exact) mass is 127 g/mol. The molecule has 1 heterocycles. The first-order chi connectivity index (χ1) is 4.23. The van der Waals surface area contributed by atoms with E-state index in [0.29, 0.717) is 0 Å². The van der Waals surface area contributed by atoms with Crippen molar-refractivity contribution in [3.8, 4) is 0 Å². The zero-order valence-corrected chi connectivity index (χ0v) is 6.16. The van der Waals surface area contributed by atoms with Crippen LogP contribution in [0.2, 0.25) is 0 Å². The molecule has 0 aliphatic rings. The van der Waals surface area contributed by atoms with Crippen molar-refractivity contribution in [1.82, 2.24) is 4.90 Å². The summed E-state index contributed by atoms with van der Waals surface area (Å²) in [6.45, 7) is 0. The third-order valence-electron chi connectivity index (χ3n) is 0.425. The Bertz CT molecular complexity index is 92.5. The van der Waals surface area contributed by atoms with Gasteiger partial charge in [-0.15, -0.1) is 0 Å². The quantitative estimate of drug-likeness (QED) is 0.524. The number of nitrogens with zero attached hydrogens (tertiary/aromatic N) is 1. The molecule has 0 radical (unpaired) electrons. The lowest BCUT2D eigenvalue weighted by molar-refractivity contribution is 0.505. The van der Waals surface area contributed by atoms with E-state index in [1.165, 1.54) is 0 Å². The lowest BCUT2D eigenvalue weighted by atomic mass is 10.7. The first kappa shape index (κ1) is 8.24. The van der Waals surface area contributed by atoms with E-state index < -0.39 is 0 Å². The fraction of sp³-hybridized carbons (Fsp3) is 0.429. The van der Waals surface area contributed by atoms with Crippen molar-refractivity contribution < 1.29 is 4.42 Å². The van der Waals surface area contributed by atoms with Crippen molar-refractivity contribution in [2.45, 2.75) is 0 Å². The number of hydrogen-bond acceptors (Lipinski definition) is 2. The average Bonchev–Trinajstić information content (AvgIpc) is 2.11. The molecule has 0 fully saturated rings. The normalized spacial score (nSPS) is 8.44. The molecule has 0 amide bonds. The highest BCUT2D eigenvalue weighted by molar-refractivity contribution is 4.79. The summed E-state index contributed by atoms with van der Waals surface area (Å²) in [6, 6.07) is 3.67. The van der Waals surface area contributed by atoms with Crippen LogP contribution in [0.5, 0.6) is 0 Å². The molecule has 0 saturated heterocycles. The van der Waals surface area contributed by atoms with E-state index in [4.69, 9.17) is 0 Å². The van der Waals surface area contributed by atoms with E-state index in [2.05, 4.69) is 4.42 Å². The van der Waals surface area contributed by atoms with E-state index in [-0.39, 0.29) is 0 Å². The first-order valence-corrected chi connectivity index (χ1v) is 2.81. The van der Waals surface area contributed by atoms with E-state index in [9.17, 15) is 0 Å². The van der Waals surface area contributed by atoms with Gasteiger partial charge in [0.1, 0.15) is 0 Å². The van der Waals surface area contributed by atoms with Gasteiger partial charge in [-0.2, -0.15) is 0 Å². The molecule has 0 bridgehead atoms. The van der Waals surface area contributed by atoms with E-state index in [0.717, 1.165) is 0 Å². The summed E-state index contributed by atoms with van der Waals surface area (Å²) in [5.41, 5.74) is 0. The highest BCUT2D eigenvalue weighted by Crippen LogP contribution is 1.79. The highest BCUT2D eigenvalue weighted by atomic mass is 16.3. The highest BCUT2D eigenvalue weighted by Gasteiger charge is 1.59. The van der Waals surface area contributed by atoms with Gasteiger partial charge in [0.05, 0.1) is 12.5 Å². The molecule has 2 nitrogen and oxygen atoms in total.